The highest BCUT2D eigenvalue weighted by Gasteiger charge is 2.37. The molecule has 32 heavy (non-hydrogen) atoms. The summed E-state index contributed by atoms with van der Waals surface area (Å²) in [5.74, 6) is 0.593. The number of para-hydroxylation sites is 3. The van der Waals surface area contributed by atoms with Crippen molar-refractivity contribution >= 4 is 23.2 Å². The number of rotatable bonds is 5. The molecule has 0 fully saturated rings. The summed E-state index contributed by atoms with van der Waals surface area (Å²) in [7, 11) is 0. The average molecular weight is 429 g/mol. The van der Waals surface area contributed by atoms with Crippen molar-refractivity contribution in [2.45, 2.75) is 39.3 Å². The minimum atomic E-state index is -0.151. The van der Waals surface area contributed by atoms with Crippen molar-refractivity contribution in [2.24, 2.45) is 0 Å². The van der Waals surface area contributed by atoms with Crippen LogP contribution in [0.4, 0.5) is 11.4 Å². The molecule has 1 aliphatic heterocycles. The summed E-state index contributed by atoms with van der Waals surface area (Å²) < 4.78 is 5.84. The molecule has 1 heterocycles. The van der Waals surface area contributed by atoms with Crippen LogP contribution in [-0.2, 0) is 9.59 Å². The van der Waals surface area contributed by atoms with Gasteiger partial charge < -0.3 is 14.5 Å². The van der Waals surface area contributed by atoms with E-state index in [0.29, 0.717) is 12.2 Å². The van der Waals surface area contributed by atoms with E-state index in [2.05, 4.69) is 0 Å². The molecule has 0 N–H and O–H groups in total. The molecule has 4 rings (SSSR count). The number of carbonyl (C=O) groups is 2. The van der Waals surface area contributed by atoms with E-state index in [0.717, 1.165) is 22.5 Å². The molecule has 0 radical (unpaired) electrons. The van der Waals surface area contributed by atoms with Gasteiger partial charge in [-0.2, -0.15) is 0 Å². The molecular weight excluding hydrogens is 400 g/mol. The maximum atomic E-state index is 13.3. The first-order chi connectivity index (χ1) is 15.5. The third-order valence-electron chi connectivity index (χ3n) is 5.96. The quantitative estimate of drug-likeness (QED) is 0.555. The van der Waals surface area contributed by atoms with Gasteiger partial charge in [-0.15, -0.1) is 0 Å². The van der Waals surface area contributed by atoms with Gasteiger partial charge in [0, 0.05) is 24.3 Å². The van der Waals surface area contributed by atoms with Gasteiger partial charge in [0.05, 0.1) is 6.04 Å². The molecular formula is C27H28N2O3. The summed E-state index contributed by atoms with van der Waals surface area (Å²) in [6.45, 7) is 5.54. The van der Waals surface area contributed by atoms with Crippen molar-refractivity contribution in [1.29, 1.82) is 0 Å². The first-order valence-corrected chi connectivity index (χ1v) is 10.9. The number of aryl methyl sites for hydroxylation is 1. The number of ether oxygens (including phenoxy) is 1. The average Bonchev–Trinajstić information content (AvgIpc) is 2.79. The van der Waals surface area contributed by atoms with Gasteiger partial charge in [0.1, 0.15) is 5.75 Å². The van der Waals surface area contributed by atoms with E-state index in [-0.39, 0.29) is 30.5 Å². The third kappa shape index (κ3) is 4.24. The molecule has 3 aromatic carbocycles. The number of amides is 2. The van der Waals surface area contributed by atoms with E-state index in [9.17, 15) is 9.59 Å². The number of benzene rings is 3. The third-order valence-corrected chi connectivity index (χ3v) is 5.96. The van der Waals surface area contributed by atoms with Crippen molar-refractivity contribution in [3.63, 3.8) is 0 Å². The Morgan fingerprint density at radius 1 is 0.969 bits per heavy atom. The summed E-state index contributed by atoms with van der Waals surface area (Å²) in [6.07, 6.45) is 0.640. The Hall–Kier alpha value is -3.60. The molecule has 164 valence electrons. The van der Waals surface area contributed by atoms with Crippen molar-refractivity contribution in [3.05, 3.63) is 90.0 Å². The second kappa shape index (κ2) is 9.27. The van der Waals surface area contributed by atoms with Crippen molar-refractivity contribution < 1.29 is 14.3 Å². The number of fused-ring (bicyclic) bond motifs is 1. The summed E-state index contributed by atoms with van der Waals surface area (Å²) in [5.41, 5.74) is 3.65. The first kappa shape index (κ1) is 21.6. The summed E-state index contributed by atoms with van der Waals surface area (Å²) in [6, 6.07) is 25.0. The molecule has 0 bridgehead atoms. The van der Waals surface area contributed by atoms with Gasteiger partial charge in [0.25, 0.3) is 5.91 Å². The second-order valence-electron chi connectivity index (χ2n) is 8.20. The summed E-state index contributed by atoms with van der Waals surface area (Å²) in [4.78, 5) is 29.6. The van der Waals surface area contributed by atoms with E-state index < -0.39 is 0 Å². The zero-order valence-electron chi connectivity index (χ0n) is 18.7. The van der Waals surface area contributed by atoms with E-state index in [4.69, 9.17) is 4.74 Å². The molecule has 5 nitrogen and oxygen atoms in total. The van der Waals surface area contributed by atoms with E-state index in [1.54, 1.807) is 6.92 Å². The lowest BCUT2D eigenvalue weighted by atomic mass is 9.90. The lowest BCUT2D eigenvalue weighted by Crippen LogP contribution is -2.48. The van der Waals surface area contributed by atoms with Gasteiger partial charge in [0.2, 0.25) is 5.91 Å². The molecule has 1 aliphatic rings. The summed E-state index contributed by atoms with van der Waals surface area (Å²) >= 11 is 0. The Kier molecular flexibility index (Phi) is 6.26. The minimum Gasteiger partial charge on any atom is -0.483 e. The van der Waals surface area contributed by atoms with Crippen molar-refractivity contribution in [2.75, 3.05) is 16.4 Å². The molecule has 3 aromatic rings. The van der Waals surface area contributed by atoms with Gasteiger partial charge in [0.15, 0.2) is 6.61 Å². The van der Waals surface area contributed by atoms with Crippen LogP contribution in [-0.4, -0.2) is 24.5 Å². The minimum absolute atomic E-state index is 0.0223. The van der Waals surface area contributed by atoms with Gasteiger partial charge in [-0.05, 0) is 55.7 Å². The molecule has 0 spiro atoms. The highest BCUT2D eigenvalue weighted by atomic mass is 16.5. The maximum absolute atomic E-state index is 13.3. The van der Waals surface area contributed by atoms with Crippen LogP contribution in [0.5, 0.6) is 5.75 Å². The Labute approximate surface area is 189 Å². The molecule has 5 heteroatoms. The van der Waals surface area contributed by atoms with Crippen LogP contribution in [0.3, 0.4) is 0 Å². The number of hydrogen-bond acceptors (Lipinski definition) is 3. The topological polar surface area (TPSA) is 49.9 Å². The van der Waals surface area contributed by atoms with Gasteiger partial charge >= 0.3 is 0 Å². The van der Waals surface area contributed by atoms with Crippen LogP contribution in [0, 0.1) is 6.92 Å². The lowest BCUT2D eigenvalue weighted by Gasteiger charge is -2.43. The van der Waals surface area contributed by atoms with Crippen LogP contribution in [0.15, 0.2) is 78.9 Å². The van der Waals surface area contributed by atoms with Crippen LogP contribution in [0.2, 0.25) is 0 Å². The van der Waals surface area contributed by atoms with Gasteiger partial charge in [-0.1, -0.05) is 54.6 Å². The molecule has 0 aliphatic carbocycles. The number of carbonyl (C=O) groups excluding carboxylic acids is 2. The van der Waals surface area contributed by atoms with Crippen LogP contribution < -0.4 is 14.5 Å². The molecule has 2 atom stereocenters. The van der Waals surface area contributed by atoms with E-state index in [1.165, 1.54) is 0 Å². The van der Waals surface area contributed by atoms with Crippen molar-refractivity contribution in [1.82, 2.24) is 0 Å². The highest BCUT2D eigenvalue weighted by Crippen LogP contribution is 2.42. The lowest BCUT2D eigenvalue weighted by molar-refractivity contribution is -0.121. The Bertz CT molecular complexity index is 1110. The number of nitrogens with zero attached hydrogens (tertiary/aromatic N) is 2. The van der Waals surface area contributed by atoms with Crippen LogP contribution in [0.1, 0.15) is 37.4 Å². The predicted molar refractivity (Wildman–Crippen MR) is 127 cm³/mol. The molecule has 0 saturated heterocycles. The normalized spacial score (nSPS) is 17.4. The Balaban J connectivity index is 1.64. The zero-order chi connectivity index (χ0) is 22.7. The zero-order valence-corrected chi connectivity index (χ0v) is 18.7. The van der Waals surface area contributed by atoms with E-state index >= 15 is 0 Å². The monoisotopic (exact) mass is 428 g/mol. The molecule has 0 aromatic heterocycles. The fourth-order valence-electron chi connectivity index (χ4n) is 4.50. The van der Waals surface area contributed by atoms with Crippen molar-refractivity contribution in [3.8, 4) is 5.75 Å². The van der Waals surface area contributed by atoms with E-state index in [1.807, 2.05) is 103 Å². The predicted octanol–water partition coefficient (Wildman–Crippen LogP) is 5.29. The molecule has 2 amide bonds. The highest BCUT2D eigenvalue weighted by molar-refractivity contribution is 5.98. The van der Waals surface area contributed by atoms with Gasteiger partial charge in [-0.25, -0.2) is 0 Å². The van der Waals surface area contributed by atoms with Crippen LogP contribution in [0.25, 0.3) is 0 Å². The Morgan fingerprint density at radius 3 is 2.34 bits per heavy atom. The van der Waals surface area contributed by atoms with Crippen LogP contribution >= 0.6 is 0 Å². The molecule has 0 unspecified atom stereocenters. The number of anilines is 2. The Morgan fingerprint density at radius 2 is 1.62 bits per heavy atom. The molecule has 0 saturated carbocycles. The first-order valence-electron chi connectivity index (χ1n) is 10.9. The largest absolute Gasteiger partial charge is 0.483 e. The SMILES string of the molecule is CC(=O)N(c1ccccc1)[C@H]1C[C@@H](C)N(C(=O)COc2ccccc2C)c2ccccc21. The number of hydrogen-bond donors (Lipinski definition) is 0. The fraction of sp³-hybridized carbons (Fsp3) is 0.259. The summed E-state index contributed by atoms with van der Waals surface area (Å²) in [5, 5.41) is 0. The smallest absolute Gasteiger partial charge is 0.265 e. The second-order valence-corrected chi connectivity index (χ2v) is 8.20. The maximum Gasteiger partial charge on any atom is 0.265 e. The standard InChI is InChI=1S/C27H28N2O3/c1-19-11-7-10-16-26(19)32-18-27(31)28-20(2)17-25(23-14-8-9-15-24(23)28)29(21(3)30)22-12-5-4-6-13-22/h4-16,20,25H,17-18H2,1-3H3/t20-,25+/m1/s1. The fourth-order valence-corrected chi connectivity index (χ4v) is 4.50. The van der Waals surface area contributed by atoms with Gasteiger partial charge in [-0.3, -0.25) is 9.59 Å².